The van der Waals surface area contributed by atoms with Gasteiger partial charge in [-0.15, -0.1) is 0 Å². The van der Waals surface area contributed by atoms with Gasteiger partial charge in [0, 0.05) is 18.4 Å². The topological polar surface area (TPSA) is 93.9 Å². The first-order chi connectivity index (χ1) is 11.0. The third-order valence-corrected chi connectivity index (χ3v) is 3.74. The zero-order valence-corrected chi connectivity index (χ0v) is 12.3. The first-order valence-corrected chi connectivity index (χ1v) is 7.03. The van der Waals surface area contributed by atoms with Gasteiger partial charge in [-0.25, -0.2) is 9.59 Å². The van der Waals surface area contributed by atoms with Gasteiger partial charge in [0.15, 0.2) is 0 Å². The van der Waals surface area contributed by atoms with E-state index in [1.54, 1.807) is 12.1 Å². The second kappa shape index (κ2) is 5.68. The van der Waals surface area contributed by atoms with Crippen LogP contribution in [0.4, 0.5) is 0 Å². The highest BCUT2D eigenvalue weighted by Gasteiger charge is 2.33. The van der Waals surface area contributed by atoms with E-state index in [0.717, 1.165) is 12.0 Å². The van der Waals surface area contributed by atoms with Crippen molar-refractivity contribution in [2.75, 3.05) is 13.7 Å². The van der Waals surface area contributed by atoms with Crippen LogP contribution in [0, 0.1) is 0 Å². The average molecular weight is 315 g/mol. The van der Waals surface area contributed by atoms with Gasteiger partial charge in [0.2, 0.25) is 11.7 Å². The predicted octanol–water partition coefficient (Wildman–Crippen LogP) is 1.34. The molecule has 7 nitrogen and oxygen atoms in total. The molecule has 1 aliphatic heterocycles. The summed E-state index contributed by atoms with van der Waals surface area (Å²) >= 11 is 0. The molecule has 0 aliphatic carbocycles. The summed E-state index contributed by atoms with van der Waals surface area (Å²) in [6.07, 6.45) is 0.785. The van der Waals surface area contributed by atoms with E-state index in [2.05, 4.69) is 0 Å². The van der Waals surface area contributed by atoms with Crippen molar-refractivity contribution in [1.82, 2.24) is 4.90 Å². The lowest BCUT2D eigenvalue weighted by atomic mass is 10.0. The van der Waals surface area contributed by atoms with Crippen LogP contribution in [0.15, 0.2) is 33.5 Å². The number of esters is 1. The first kappa shape index (κ1) is 15.0. The van der Waals surface area contributed by atoms with Crippen LogP contribution in [0.2, 0.25) is 0 Å². The average Bonchev–Trinajstić information content (AvgIpc) is 2.99. The third-order valence-electron chi connectivity index (χ3n) is 3.74. The normalized spacial score (nSPS) is 14.3. The van der Waals surface area contributed by atoms with Crippen molar-refractivity contribution in [1.29, 1.82) is 0 Å². The zero-order chi connectivity index (χ0) is 16.6. The number of fused-ring (bicyclic) bond motifs is 1. The molecule has 2 amide bonds. The minimum absolute atomic E-state index is 0.146. The molecule has 0 N–H and O–H groups in total. The van der Waals surface area contributed by atoms with Crippen LogP contribution in [0.1, 0.15) is 33.8 Å². The van der Waals surface area contributed by atoms with E-state index in [1.165, 1.54) is 12.1 Å². The van der Waals surface area contributed by atoms with Crippen molar-refractivity contribution in [3.05, 3.63) is 46.0 Å². The van der Waals surface area contributed by atoms with E-state index in [9.17, 15) is 19.2 Å². The SMILES string of the molecule is COC(=O)c1c(C(=O)N2CCCC2=O)oc(=O)c2ccccc12. The van der Waals surface area contributed by atoms with Crippen molar-refractivity contribution in [2.45, 2.75) is 12.8 Å². The number of likely N-dealkylation sites (tertiary alicyclic amines) is 1. The smallest absolute Gasteiger partial charge is 0.344 e. The van der Waals surface area contributed by atoms with Crippen LogP contribution in [0.5, 0.6) is 0 Å². The number of nitrogens with zero attached hydrogens (tertiary/aromatic N) is 1. The van der Waals surface area contributed by atoms with Crippen molar-refractivity contribution in [3.8, 4) is 0 Å². The van der Waals surface area contributed by atoms with Gasteiger partial charge in [-0.05, 0) is 12.5 Å². The molecule has 1 aromatic heterocycles. The second-order valence-corrected chi connectivity index (χ2v) is 5.08. The lowest BCUT2D eigenvalue weighted by Crippen LogP contribution is -2.34. The van der Waals surface area contributed by atoms with E-state index < -0.39 is 23.3 Å². The predicted molar refractivity (Wildman–Crippen MR) is 79.1 cm³/mol. The number of benzene rings is 1. The van der Waals surface area contributed by atoms with Gasteiger partial charge in [0.05, 0.1) is 12.5 Å². The molecule has 3 rings (SSSR count). The molecule has 2 aromatic rings. The number of methoxy groups -OCH3 is 1. The number of carbonyl (C=O) groups is 3. The minimum atomic E-state index is -0.806. The van der Waals surface area contributed by atoms with Gasteiger partial charge in [-0.1, -0.05) is 18.2 Å². The lowest BCUT2D eigenvalue weighted by molar-refractivity contribution is -0.125. The molecule has 118 valence electrons. The summed E-state index contributed by atoms with van der Waals surface area (Å²) in [6, 6.07) is 6.26. The highest BCUT2D eigenvalue weighted by molar-refractivity contribution is 6.14. The van der Waals surface area contributed by atoms with Gasteiger partial charge in [0.25, 0.3) is 5.91 Å². The van der Waals surface area contributed by atoms with Gasteiger partial charge in [-0.2, -0.15) is 0 Å². The number of ether oxygens (including phenoxy) is 1. The number of hydrogen-bond acceptors (Lipinski definition) is 6. The van der Waals surface area contributed by atoms with E-state index in [1.807, 2.05) is 0 Å². The maximum atomic E-state index is 12.6. The highest BCUT2D eigenvalue weighted by atomic mass is 16.5. The zero-order valence-electron chi connectivity index (χ0n) is 12.3. The van der Waals surface area contributed by atoms with E-state index in [4.69, 9.17) is 9.15 Å². The van der Waals surface area contributed by atoms with Gasteiger partial charge >= 0.3 is 11.6 Å². The molecule has 7 heteroatoms. The van der Waals surface area contributed by atoms with Crippen LogP contribution in [0.25, 0.3) is 10.8 Å². The Balaban J connectivity index is 2.27. The van der Waals surface area contributed by atoms with Crippen molar-refractivity contribution in [3.63, 3.8) is 0 Å². The van der Waals surface area contributed by atoms with E-state index in [0.29, 0.717) is 6.42 Å². The Bertz CT molecular complexity index is 882. The quantitative estimate of drug-likeness (QED) is 0.613. The Kier molecular flexibility index (Phi) is 3.69. The van der Waals surface area contributed by atoms with Gasteiger partial charge < -0.3 is 9.15 Å². The number of rotatable bonds is 2. The molecule has 0 atom stereocenters. The van der Waals surface area contributed by atoms with Crippen molar-refractivity contribution < 1.29 is 23.5 Å². The first-order valence-electron chi connectivity index (χ1n) is 7.03. The Morgan fingerprint density at radius 1 is 1.17 bits per heavy atom. The Morgan fingerprint density at radius 2 is 1.87 bits per heavy atom. The Morgan fingerprint density at radius 3 is 2.48 bits per heavy atom. The molecule has 0 spiro atoms. The van der Waals surface area contributed by atoms with Crippen LogP contribution in [-0.2, 0) is 9.53 Å². The molecule has 2 heterocycles. The van der Waals surface area contributed by atoms with E-state index >= 15 is 0 Å². The molecular weight excluding hydrogens is 302 g/mol. The van der Waals surface area contributed by atoms with Crippen molar-refractivity contribution >= 4 is 28.6 Å². The fourth-order valence-corrected chi connectivity index (χ4v) is 2.64. The maximum Gasteiger partial charge on any atom is 0.344 e. The summed E-state index contributed by atoms with van der Waals surface area (Å²) in [6.45, 7) is 0.231. The van der Waals surface area contributed by atoms with E-state index in [-0.39, 0.29) is 35.2 Å². The maximum absolute atomic E-state index is 12.6. The molecule has 0 bridgehead atoms. The van der Waals surface area contributed by atoms with Crippen LogP contribution < -0.4 is 5.63 Å². The van der Waals surface area contributed by atoms with Crippen LogP contribution in [0.3, 0.4) is 0 Å². The fraction of sp³-hybridized carbons (Fsp3) is 0.250. The monoisotopic (exact) mass is 315 g/mol. The summed E-state index contributed by atoms with van der Waals surface area (Å²) in [5, 5.41) is 0.419. The highest BCUT2D eigenvalue weighted by Crippen LogP contribution is 2.23. The minimum Gasteiger partial charge on any atom is -0.465 e. The molecule has 0 saturated carbocycles. The summed E-state index contributed by atoms with van der Waals surface area (Å²) in [4.78, 5) is 49.5. The van der Waals surface area contributed by atoms with Crippen LogP contribution in [-0.4, -0.2) is 36.3 Å². The number of amides is 2. The van der Waals surface area contributed by atoms with Crippen molar-refractivity contribution in [2.24, 2.45) is 0 Å². The summed E-state index contributed by atoms with van der Waals surface area (Å²) < 4.78 is 9.78. The van der Waals surface area contributed by atoms with Gasteiger partial charge in [-0.3, -0.25) is 14.5 Å². The molecular formula is C16H13NO6. The molecule has 1 saturated heterocycles. The standard InChI is InChI=1S/C16H13NO6/c1-22-16(21)12-9-5-2-3-6-10(9)15(20)23-13(12)14(19)17-8-4-7-11(17)18/h2-3,5-6H,4,7-8H2,1H3. The Hall–Kier alpha value is -2.96. The van der Waals surface area contributed by atoms with Crippen LogP contribution >= 0.6 is 0 Å². The Labute approximate surface area is 130 Å². The molecule has 1 fully saturated rings. The van der Waals surface area contributed by atoms with Gasteiger partial charge in [0.1, 0.15) is 5.56 Å². The summed E-state index contributed by atoms with van der Waals surface area (Å²) in [7, 11) is 1.16. The largest absolute Gasteiger partial charge is 0.465 e. The second-order valence-electron chi connectivity index (χ2n) is 5.08. The molecule has 1 aliphatic rings. The lowest BCUT2D eigenvalue weighted by Gasteiger charge is -2.15. The molecule has 1 aromatic carbocycles. The number of carbonyl (C=O) groups excluding carboxylic acids is 3. The summed E-state index contributed by atoms with van der Waals surface area (Å²) in [5.74, 6) is -2.42. The molecule has 23 heavy (non-hydrogen) atoms. The number of hydrogen-bond donors (Lipinski definition) is 0. The number of imide groups is 1. The summed E-state index contributed by atoms with van der Waals surface area (Å²) in [5.41, 5.74) is -0.893. The third kappa shape index (κ3) is 2.40. The molecule has 0 radical (unpaired) electrons. The molecule has 0 unspecified atom stereocenters. The fourth-order valence-electron chi connectivity index (χ4n) is 2.64.